The predicted octanol–water partition coefficient (Wildman–Crippen LogP) is 3.15. The third kappa shape index (κ3) is 4.13. The number of nitrogens with zero attached hydrogens (tertiary/aromatic N) is 1. The van der Waals surface area contributed by atoms with Gasteiger partial charge in [0.2, 0.25) is 0 Å². The van der Waals surface area contributed by atoms with E-state index >= 15 is 0 Å². The topological polar surface area (TPSA) is 66.8 Å². The molecule has 1 aromatic carbocycles. The minimum atomic E-state index is -0.969. The number of likely N-dealkylation sites (N-methyl/N-ethyl adjacent to an activating group) is 1. The summed E-state index contributed by atoms with van der Waals surface area (Å²) in [6.07, 6.45) is -0.107. The van der Waals surface area contributed by atoms with Gasteiger partial charge in [-0.15, -0.1) is 0 Å². The van der Waals surface area contributed by atoms with E-state index in [4.69, 9.17) is 16.3 Å². The third-order valence-corrected chi connectivity index (χ3v) is 2.77. The molecule has 1 unspecified atom stereocenters. The summed E-state index contributed by atoms with van der Waals surface area (Å²) in [6, 6.07) is 3.34. The predicted molar refractivity (Wildman–Crippen MR) is 75.9 cm³/mol. The third-order valence-electron chi connectivity index (χ3n) is 2.54. The highest BCUT2D eigenvalue weighted by Crippen LogP contribution is 2.30. The molecule has 0 aliphatic heterocycles. The second kappa shape index (κ2) is 6.13. The van der Waals surface area contributed by atoms with E-state index in [1.165, 1.54) is 25.2 Å². The second-order valence-electron chi connectivity index (χ2n) is 5.38. The Labute approximate surface area is 123 Å². The van der Waals surface area contributed by atoms with E-state index in [0.717, 1.165) is 4.90 Å². The molecule has 1 N–H and O–H groups in total. The zero-order chi connectivity index (χ0) is 15.5. The number of amides is 1. The second-order valence-corrected chi connectivity index (χ2v) is 5.81. The number of aldehydes is 1. The van der Waals surface area contributed by atoms with Crippen LogP contribution in [0.1, 0.15) is 32.4 Å². The number of ether oxygens (including phenoxy) is 1. The first kappa shape index (κ1) is 16.3. The van der Waals surface area contributed by atoms with Gasteiger partial charge in [0.15, 0.2) is 0 Å². The number of rotatable bonds is 3. The monoisotopic (exact) mass is 299 g/mol. The molecule has 0 aromatic heterocycles. The fourth-order valence-corrected chi connectivity index (χ4v) is 1.76. The quantitative estimate of drug-likeness (QED) is 0.871. The first-order valence-electron chi connectivity index (χ1n) is 6.05. The molecule has 0 spiro atoms. The molecule has 0 aliphatic carbocycles. The van der Waals surface area contributed by atoms with E-state index in [1.54, 1.807) is 20.8 Å². The lowest BCUT2D eigenvalue weighted by Gasteiger charge is -2.28. The first-order valence-corrected chi connectivity index (χ1v) is 6.43. The van der Waals surface area contributed by atoms with Gasteiger partial charge in [0.05, 0.1) is 0 Å². The summed E-state index contributed by atoms with van der Waals surface area (Å²) in [6.45, 7) is 5.18. The number of benzene rings is 1. The average Bonchev–Trinajstić information content (AvgIpc) is 2.32. The van der Waals surface area contributed by atoms with Gasteiger partial charge in [-0.2, -0.15) is 0 Å². The molecule has 0 bridgehead atoms. The fourth-order valence-electron chi connectivity index (χ4n) is 1.58. The van der Waals surface area contributed by atoms with Gasteiger partial charge in [0, 0.05) is 17.6 Å². The summed E-state index contributed by atoms with van der Waals surface area (Å²) < 4.78 is 5.19. The van der Waals surface area contributed by atoms with Gasteiger partial charge in [-0.25, -0.2) is 4.79 Å². The van der Waals surface area contributed by atoms with Crippen molar-refractivity contribution < 1.29 is 19.4 Å². The molecular formula is C14H18ClNO4. The summed E-state index contributed by atoms with van der Waals surface area (Å²) >= 11 is 5.85. The van der Waals surface area contributed by atoms with Crippen LogP contribution in [0.2, 0.25) is 5.02 Å². The van der Waals surface area contributed by atoms with Crippen molar-refractivity contribution in [2.24, 2.45) is 0 Å². The number of hydrogen-bond acceptors (Lipinski definition) is 4. The Hall–Kier alpha value is -1.75. The highest BCUT2D eigenvalue weighted by atomic mass is 35.5. The van der Waals surface area contributed by atoms with Crippen molar-refractivity contribution in [1.82, 2.24) is 4.90 Å². The van der Waals surface area contributed by atoms with Crippen molar-refractivity contribution >= 4 is 24.0 Å². The van der Waals surface area contributed by atoms with Crippen molar-refractivity contribution in [2.75, 3.05) is 7.05 Å². The molecule has 1 rings (SSSR count). The summed E-state index contributed by atoms with van der Waals surface area (Å²) in [5.41, 5.74) is -0.421. The maximum absolute atomic E-state index is 12.0. The van der Waals surface area contributed by atoms with Crippen LogP contribution in [-0.4, -0.2) is 35.0 Å². The molecule has 1 aromatic rings. The average molecular weight is 300 g/mol. The molecule has 1 atom stereocenters. The smallest absolute Gasteiger partial charge is 0.410 e. The van der Waals surface area contributed by atoms with Gasteiger partial charge in [-0.3, -0.25) is 4.90 Å². The Kier molecular flexibility index (Phi) is 5.00. The minimum Gasteiger partial charge on any atom is -0.508 e. The van der Waals surface area contributed by atoms with Crippen LogP contribution in [0.3, 0.4) is 0 Å². The lowest BCUT2D eigenvalue weighted by atomic mass is 10.1. The van der Waals surface area contributed by atoms with Crippen LogP contribution >= 0.6 is 11.6 Å². The molecule has 20 heavy (non-hydrogen) atoms. The molecule has 0 aliphatic rings. The summed E-state index contributed by atoms with van der Waals surface area (Å²) in [4.78, 5) is 24.4. The fraction of sp³-hybridized carbons (Fsp3) is 0.429. The normalized spacial score (nSPS) is 12.7. The maximum atomic E-state index is 12.0. The van der Waals surface area contributed by atoms with Crippen molar-refractivity contribution in [3.63, 3.8) is 0 Å². The summed E-state index contributed by atoms with van der Waals surface area (Å²) in [7, 11) is 1.42. The van der Waals surface area contributed by atoms with Crippen LogP contribution in [-0.2, 0) is 9.53 Å². The van der Waals surface area contributed by atoms with Gasteiger partial charge in [-0.1, -0.05) is 11.6 Å². The largest absolute Gasteiger partial charge is 0.508 e. The molecule has 6 heteroatoms. The standard InChI is InChI=1S/C14H18ClNO4/c1-14(2,3)20-13(19)16(4)11(8-17)10-7-9(15)5-6-12(10)18/h5-8,11,18H,1-4H3. The van der Waals surface area contributed by atoms with E-state index in [-0.39, 0.29) is 11.3 Å². The molecular weight excluding hydrogens is 282 g/mol. The van der Waals surface area contributed by atoms with Crippen LogP contribution in [0.4, 0.5) is 4.79 Å². The highest BCUT2D eigenvalue weighted by Gasteiger charge is 2.27. The van der Waals surface area contributed by atoms with Crippen LogP contribution < -0.4 is 0 Å². The Morgan fingerprint density at radius 1 is 1.45 bits per heavy atom. The van der Waals surface area contributed by atoms with Crippen molar-refractivity contribution in [1.29, 1.82) is 0 Å². The zero-order valence-electron chi connectivity index (χ0n) is 11.9. The van der Waals surface area contributed by atoms with Gasteiger partial charge >= 0.3 is 6.09 Å². The Balaban J connectivity index is 3.04. The van der Waals surface area contributed by atoms with Gasteiger partial charge in [0.1, 0.15) is 23.7 Å². The Morgan fingerprint density at radius 2 is 2.05 bits per heavy atom. The number of carbonyl (C=O) groups excluding carboxylic acids is 2. The Morgan fingerprint density at radius 3 is 2.55 bits per heavy atom. The SMILES string of the molecule is CN(C(=O)OC(C)(C)C)C(C=O)c1cc(Cl)ccc1O. The van der Waals surface area contributed by atoms with Crippen LogP contribution in [0.5, 0.6) is 5.75 Å². The molecule has 5 nitrogen and oxygen atoms in total. The van der Waals surface area contributed by atoms with Gasteiger partial charge in [0.25, 0.3) is 0 Å². The van der Waals surface area contributed by atoms with Gasteiger partial charge in [-0.05, 0) is 39.0 Å². The zero-order valence-corrected chi connectivity index (χ0v) is 12.6. The molecule has 0 saturated carbocycles. The van der Waals surface area contributed by atoms with Crippen molar-refractivity contribution in [3.05, 3.63) is 28.8 Å². The minimum absolute atomic E-state index is 0.109. The summed E-state index contributed by atoms with van der Waals surface area (Å²) in [5, 5.41) is 10.2. The number of carbonyl (C=O) groups is 2. The molecule has 1 amide bonds. The molecule has 0 saturated heterocycles. The molecule has 0 heterocycles. The van der Waals surface area contributed by atoms with E-state index in [1.807, 2.05) is 0 Å². The van der Waals surface area contributed by atoms with E-state index in [9.17, 15) is 14.7 Å². The van der Waals surface area contributed by atoms with Crippen LogP contribution in [0, 0.1) is 0 Å². The number of phenols is 1. The van der Waals surface area contributed by atoms with Crippen LogP contribution in [0.15, 0.2) is 18.2 Å². The molecule has 0 radical (unpaired) electrons. The first-order chi connectivity index (χ1) is 9.15. The molecule has 0 fully saturated rings. The van der Waals surface area contributed by atoms with Crippen molar-refractivity contribution in [3.8, 4) is 5.75 Å². The lowest BCUT2D eigenvalue weighted by Crippen LogP contribution is -2.37. The lowest BCUT2D eigenvalue weighted by molar-refractivity contribution is -0.112. The van der Waals surface area contributed by atoms with E-state index in [0.29, 0.717) is 11.3 Å². The number of hydrogen-bond donors (Lipinski definition) is 1. The molecule has 110 valence electrons. The van der Waals surface area contributed by atoms with E-state index < -0.39 is 17.7 Å². The maximum Gasteiger partial charge on any atom is 0.410 e. The number of aromatic hydroxyl groups is 1. The Bertz CT molecular complexity index is 510. The van der Waals surface area contributed by atoms with Gasteiger partial charge < -0.3 is 14.6 Å². The van der Waals surface area contributed by atoms with E-state index in [2.05, 4.69) is 0 Å². The highest BCUT2D eigenvalue weighted by molar-refractivity contribution is 6.30. The number of halogens is 1. The number of phenolic OH excluding ortho intramolecular Hbond substituents is 1. The van der Waals surface area contributed by atoms with Crippen LogP contribution in [0.25, 0.3) is 0 Å². The van der Waals surface area contributed by atoms with Crippen molar-refractivity contribution in [2.45, 2.75) is 32.4 Å². The summed E-state index contributed by atoms with van der Waals surface area (Å²) in [5.74, 6) is -0.109.